The van der Waals surface area contributed by atoms with Gasteiger partial charge in [-0.25, -0.2) is 4.79 Å². The summed E-state index contributed by atoms with van der Waals surface area (Å²) >= 11 is 0. The number of carbonyl (C=O) groups is 3. The number of ether oxygens (including phenoxy) is 2. The summed E-state index contributed by atoms with van der Waals surface area (Å²) in [5.74, 6) is -0.0272. The number of para-hydroxylation sites is 1. The van der Waals surface area contributed by atoms with Crippen LogP contribution in [0.5, 0.6) is 5.75 Å². The van der Waals surface area contributed by atoms with E-state index < -0.39 is 17.5 Å². The number of nitrogens with zero attached hydrogens (tertiary/aromatic N) is 2. The molecular weight excluding hydrogens is 422 g/mol. The van der Waals surface area contributed by atoms with Gasteiger partial charge in [-0.2, -0.15) is 0 Å². The van der Waals surface area contributed by atoms with Crippen LogP contribution in [0.3, 0.4) is 0 Å². The molecule has 0 spiro atoms. The normalized spacial score (nSPS) is 22.7. The lowest BCUT2D eigenvalue weighted by Gasteiger charge is -2.22. The summed E-state index contributed by atoms with van der Waals surface area (Å²) in [5.41, 5.74) is 1.98. The van der Waals surface area contributed by atoms with Gasteiger partial charge in [0, 0.05) is 36.5 Å². The van der Waals surface area contributed by atoms with Gasteiger partial charge in [0.2, 0.25) is 0 Å². The number of rotatable bonds is 8. The number of carbonyl (C=O) groups excluding carboxylic acids is 3. The van der Waals surface area contributed by atoms with E-state index >= 15 is 0 Å². The van der Waals surface area contributed by atoms with E-state index in [0.717, 1.165) is 41.3 Å². The standard InChI is InChI=1S/C25H31N3O5/c1-16-12-20(17(2)27(16)14-19-9-7-11-33-19)21(29)15-28-23(30)25(3,26-24(28)31)13-18-8-5-6-10-22(18)32-4/h5-6,8,10,12,19H,7,9,11,13-15H2,1-4H3,(H,26,31)/t19-,25+/m0/s1. The minimum atomic E-state index is -1.15. The number of nitrogens with one attached hydrogen (secondary N) is 1. The highest BCUT2D eigenvalue weighted by molar-refractivity contribution is 6.11. The Morgan fingerprint density at radius 2 is 2.03 bits per heavy atom. The van der Waals surface area contributed by atoms with Gasteiger partial charge in [0.25, 0.3) is 5.91 Å². The molecule has 3 heterocycles. The summed E-state index contributed by atoms with van der Waals surface area (Å²) in [6, 6.07) is 8.65. The zero-order valence-electron chi connectivity index (χ0n) is 19.6. The van der Waals surface area contributed by atoms with Crippen LogP contribution in [0.1, 0.15) is 47.1 Å². The number of methoxy groups -OCH3 is 1. The molecule has 2 atom stereocenters. The van der Waals surface area contributed by atoms with E-state index in [1.165, 1.54) is 0 Å². The maximum absolute atomic E-state index is 13.2. The fraction of sp³-hybridized carbons (Fsp3) is 0.480. The number of imide groups is 1. The highest BCUT2D eigenvalue weighted by Crippen LogP contribution is 2.28. The Morgan fingerprint density at radius 3 is 2.73 bits per heavy atom. The van der Waals surface area contributed by atoms with Crippen LogP contribution in [-0.4, -0.2) is 59.1 Å². The second-order valence-electron chi connectivity index (χ2n) is 9.10. The second-order valence-corrected chi connectivity index (χ2v) is 9.10. The Hall–Kier alpha value is -3.13. The molecule has 0 bridgehead atoms. The first-order chi connectivity index (χ1) is 15.7. The average Bonchev–Trinajstić information content (AvgIpc) is 3.45. The summed E-state index contributed by atoms with van der Waals surface area (Å²) in [6.45, 7) is 6.71. The molecular formula is C25H31N3O5. The maximum atomic E-state index is 13.2. The van der Waals surface area contributed by atoms with Crippen molar-refractivity contribution in [2.75, 3.05) is 20.3 Å². The third-order valence-corrected chi connectivity index (χ3v) is 6.67. The fourth-order valence-corrected chi connectivity index (χ4v) is 4.83. The van der Waals surface area contributed by atoms with E-state index in [4.69, 9.17) is 9.47 Å². The van der Waals surface area contributed by atoms with E-state index in [-0.39, 0.29) is 24.9 Å². The first-order valence-corrected chi connectivity index (χ1v) is 11.3. The molecule has 1 N–H and O–H groups in total. The highest BCUT2D eigenvalue weighted by atomic mass is 16.5. The van der Waals surface area contributed by atoms with Gasteiger partial charge in [-0.1, -0.05) is 18.2 Å². The topological polar surface area (TPSA) is 89.9 Å². The highest BCUT2D eigenvalue weighted by Gasteiger charge is 2.48. The molecule has 2 saturated heterocycles. The molecule has 2 aliphatic heterocycles. The van der Waals surface area contributed by atoms with Gasteiger partial charge in [0.05, 0.1) is 19.8 Å². The van der Waals surface area contributed by atoms with E-state index in [1.807, 2.05) is 44.2 Å². The van der Waals surface area contributed by atoms with Gasteiger partial charge in [-0.05, 0) is 51.3 Å². The molecule has 1 aromatic heterocycles. The second kappa shape index (κ2) is 9.02. The number of urea groups is 1. The number of benzene rings is 1. The van der Waals surface area contributed by atoms with Crippen molar-refractivity contribution in [1.29, 1.82) is 0 Å². The van der Waals surface area contributed by atoms with E-state index in [9.17, 15) is 14.4 Å². The Bertz CT molecular complexity index is 1090. The number of hydrogen-bond donors (Lipinski definition) is 1. The van der Waals surface area contributed by atoms with E-state index in [2.05, 4.69) is 9.88 Å². The van der Waals surface area contributed by atoms with Gasteiger partial charge < -0.3 is 19.4 Å². The van der Waals surface area contributed by atoms with Crippen molar-refractivity contribution < 1.29 is 23.9 Å². The summed E-state index contributed by atoms with van der Waals surface area (Å²) in [5, 5.41) is 2.77. The van der Waals surface area contributed by atoms with Gasteiger partial charge in [-0.3, -0.25) is 14.5 Å². The van der Waals surface area contributed by atoms with Gasteiger partial charge >= 0.3 is 6.03 Å². The van der Waals surface area contributed by atoms with Crippen molar-refractivity contribution >= 4 is 17.7 Å². The molecule has 8 nitrogen and oxygen atoms in total. The number of Topliss-reactive ketones (excluding diaryl/α,β-unsaturated/α-hetero) is 1. The van der Waals surface area contributed by atoms with Crippen molar-refractivity contribution in [3.63, 3.8) is 0 Å². The minimum absolute atomic E-state index is 0.152. The number of aryl methyl sites for hydroxylation is 1. The van der Waals surface area contributed by atoms with Crippen molar-refractivity contribution in [2.24, 2.45) is 0 Å². The lowest BCUT2D eigenvalue weighted by atomic mass is 9.92. The van der Waals surface area contributed by atoms with Crippen LogP contribution in [0.4, 0.5) is 4.79 Å². The van der Waals surface area contributed by atoms with Crippen molar-refractivity contribution in [2.45, 2.75) is 58.2 Å². The lowest BCUT2D eigenvalue weighted by Crippen LogP contribution is -2.46. The Balaban J connectivity index is 1.49. The van der Waals surface area contributed by atoms with Crippen LogP contribution in [-0.2, 0) is 22.5 Å². The minimum Gasteiger partial charge on any atom is -0.496 e. The fourth-order valence-electron chi connectivity index (χ4n) is 4.83. The zero-order valence-corrected chi connectivity index (χ0v) is 19.6. The van der Waals surface area contributed by atoms with Gasteiger partial charge in [-0.15, -0.1) is 0 Å². The van der Waals surface area contributed by atoms with Crippen molar-refractivity contribution in [3.05, 3.63) is 52.8 Å². The molecule has 0 radical (unpaired) electrons. The van der Waals surface area contributed by atoms with Gasteiger partial charge in [0.15, 0.2) is 5.78 Å². The van der Waals surface area contributed by atoms with E-state index in [1.54, 1.807) is 14.0 Å². The summed E-state index contributed by atoms with van der Waals surface area (Å²) in [6.07, 6.45) is 2.48. The van der Waals surface area contributed by atoms with Crippen LogP contribution in [0.25, 0.3) is 0 Å². The van der Waals surface area contributed by atoms with Crippen LogP contribution < -0.4 is 10.1 Å². The molecule has 0 saturated carbocycles. The molecule has 176 valence electrons. The largest absolute Gasteiger partial charge is 0.496 e. The molecule has 2 aliphatic rings. The monoisotopic (exact) mass is 453 g/mol. The molecule has 2 fully saturated rings. The molecule has 1 aromatic carbocycles. The first kappa shape index (κ1) is 23.0. The van der Waals surface area contributed by atoms with Gasteiger partial charge in [0.1, 0.15) is 11.3 Å². The molecule has 3 amide bonds. The quantitative estimate of drug-likeness (QED) is 0.490. The SMILES string of the molecule is COc1ccccc1C[C@@]1(C)NC(=O)N(CC(=O)c2cc(C)n(C[C@@H]3CCCO3)c2C)C1=O. The number of hydrogen-bond acceptors (Lipinski definition) is 5. The van der Waals surface area contributed by atoms with Crippen LogP contribution in [0, 0.1) is 13.8 Å². The number of amides is 3. The predicted octanol–water partition coefficient (Wildman–Crippen LogP) is 3.03. The first-order valence-electron chi connectivity index (χ1n) is 11.3. The Kier molecular flexibility index (Phi) is 6.30. The molecule has 0 aliphatic carbocycles. The molecule has 4 rings (SSSR count). The number of ketones is 1. The molecule has 2 aromatic rings. The zero-order chi connectivity index (χ0) is 23.8. The Labute approximate surface area is 193 Å². The third-order valence-electron chi connectivity index (χ3n) is 6.67. The van der Waals surface area contributed by atoms with Crippen LogP contribution in [0.2, 0.25) is 0 Å². The van der Waals surface area contributed by atoms with Crippen molar-refractivity contribution in [3.8, 4) is 5.75 Å². The smallest absolute Gasteiger partial charge is 0.325 e. The maximum Gasteiger partial charge on any atom is 0.325 e. The lowest BCUT2D eigenvalue weighted by molar-refractivity contribution is -0.130. The summed E-state index contributed by atoms with van der Waals surface area (Å²) in [4.78, 5) is 40.1. The molecule has 8 heteroatoms. The molecule has 0 unspecified atom stereocenters. The summed E-state index contributed by atoms with van der Waals surface area (Å²) < 4.78 is 13.2. The average molecular weight is 454 g/mol. The summed E-state index contributed by atoms with van der Waals surface area (Å²) in [7, 11) is 1.57. The molecule has 33 heavy (non-hydrogen) atoms. The third kappa shape index (κ3) is 4.39. The predicted molar refractivity (Wildman–Crippen MR) is 123 cm³/mol. The van der Waals surface area contributed by atoms with E-state index in [0.29, 0.717) is 17.9 Å². The Morgan fingerprint density at radius 1 is 1.27 bits per heavy atom. The van der Waals surface area contributed by atoms with Crippen LogP contribution in [0.15, 0.2) is 30.3 Å². The number of aromatic nitrogens is 1. The van der Waals surface area contributed by atoms with Crippen molar-refractivity contribution in [1.82, 2.24) is 14.8 Å². The van der Waals surface area contributed by atoms with Crippen LogP contribution >= 0.6 is 0 Å².